The summed E-state index contributed by atoms with van der Waals surface area (Å²) < 4.78 is 23.3. The summed E-state index contributed by atoms with van der Waals surface area (Å²) in [5.74, 6) is -0.742. The number of sulfone groups is 1. The fraction of sp³-hybridized carbons (Fsp3) is 0.923. The van der Waals surface area contributed by atoms with Crippen LogP contribution in [0.5, 0.6) is 0 Å². The van der Waals surface area contributed by atoms with Crippen LogP contribution in [-0.4, -0.2) is 54.5 Å². The summed E-state index contributed by atoms with van der Waals surface area (Å²) in [5, 5.41) is 9.41. The first-order valence-corrected chi connectivity index (χ1v) is 8.92. The van der Waals surface area contributed by atoms with E-state index in [4.69, 9.17) is 0 Å². The summed E-state index contributed by atoms with van der Waals surface area (Å²) in [5.41, 5.74) is 0. The van der Waals surface area contributed by atoms with Crippen LogP contribution < -0.4 is 0 Å². The van der Waals surface area contributed by atoms with E-state index in [-0.39, 0.29) is 29.5 Å². The first-order valence-electron chi connectivity index (χ1n) is 7.10. The van der Waals surface area contributed by atoms with Gasteiger partial charge in [-0.1, -0.05) is 19.3 Å². The lowest BCUT2D eigenvalue weighted by molar-refractivity contribution is -0.144. The number of nitrogens with zero attached hydrogens (tertiary/aromatic N) is 1. The molecule has 0 bridgehead atoms. The first kappa shape index (κ1) is 14.8. The first-order chi connectivity index (χ1) is 8.91. The van der Waals surface area contributed by atoms with Crippen molar-refractivity contribution >= 4 is 15.8 Å². The molecule has 2 aliphatic rings. The molecule has 1 saturated carbocycles. The number of rotatable bonds is 2. The normalized spacial score (nSPS) is 36.6. The maximum atomic E-state index is 11.6. The molecule has 5 nitrogen and oxygen atoms in total. The zero-order valence-corrected chi connectivity index (χ0v) is 12.2. The predicted octanol–water partition coefficient (Wildman–Crippen LogP) is 1.14. The molecule has 6 heteroatoms. The Kier molecular flexibility index (Phi) is 4.50. The fourth-order valence-electron chi connectivity index (χ4n) is 3.48. The molecule has 19 heavy (non-hydrogen) atoms. The molecule has 110 valence electrons. The van der Waals surface area contributed by atoms with E-state index in [0.717, 1.165) is 32.1 Å². The van der Waals surface area contributed by atoms with Crippen LogP contribution >= 0.6 is 0 Å². The van der Waals surface area contributed by atoms with Crippen LogP contribution in [0.15, 0.2) is 0 Å². The van der Waals surface area contributed by atoms with E-state index in [2.05, 4.69) is 4.90 Å². The number of carboxylic acids is 1. The quantitative estimate of drug-likeness (QED) is 0.772. The van der Waals surface area contributed by atoms with Crippen LogP contribution in [0, 0.1) is 5.92 Å². The van der Waals surface area contributed by atoms with E-state index in [1.54, 1.807) is 0 Å². The molecule has 1 N–H and O–H groups in total. The fourth-order valence-corrected chi connectivity index (χ4v) is 5.06. The van der Waals surface area contributed by atoms with Gasteiger partial charge in [0.1, 0.15) is 0 Å². The molecule has 2 fully saturated rings. The molecule has 0 aromatic rings. The minimum atomic E-state index is -2.94. The number of hydrogen-bond acceptors (Lipinski definition) is 4. The Morgan fingerprint density at radius 2 is 1.89 bits per heavy atom. The Bertz CT molecular complexity index is 434. The third-order valence-electron chi connectivity index (χ3n) is 4.44. The van der Waals surface area contributed by atoms with Gasteiger partial charge < -0.3 is 5.11 Å². The second-order valence-corrected chi connectivity index (χ2v) is 8.08. The standard InChI is InChI=1S/C13H23NO4S/c1-10-9-19(17,18)8-7-14(10)12-6-4-2-3-5-11(12)13(15)16/h10-12H,2-9H2,1H3,(H,15,16). The van der Waals surface area contributed by atoms with Gasteiger partial charge in [-0.05, 0) is 19.8 Å². The summed E-state index contributed by atoms with van der Waals surface area (Å²) in [4.78, 5) is 13.6. The summed E-state index contributed by atoms with van der Waals surface area (Å²) in [7, 11) is -2.94. The third-order valence-corrected chi connectivity index (χ3v) is 6.24. The molecule has 2 rings (SSSR count). The molecule has 0 radical (unpaired) electrons. The molecule has 3 atom stereocenters. The second-order valence-electron chi connectivity index (χ2n) is 5.85. The lowest BCUT2D eigenvalue weighted by atomic mass is 9.92. The Morgan fingerprint density at radius 3 is 2.53 bits per heavy atom. The monoisotopic (exact) mass is 289 g/mol. The molecule has 0 spiro atoms. The lowest BCUT2D eigenvalue weighted by Gasteiger charge is -2.41. The van der Waals surface area contributed by atoms with Crippen LogP contribution in [0.3, 0.4) is 0 Å². The number of aliphatic carboxylic acids is 1. The molecule has 3 unspecified atom stereocenters. The van der Waals surface area contributed by atoms with Crippen molar-refractivity contribution in [1.29, 1.82) is 0 Å². The highest BCUT2D eigenvalue weighted by Gasteiger charge is 2.39. The van der Waals surface area contributed by atoms with E-state index in [1.807, 2.05) is 6.92 Å². The molecular formula is C13H23NO4S. The van der Waals surface area contributed by atoms with Crippen LogP contribution in [0.4, 0.5) is 0 Å². The molecule has 0 aromatic heterocycles. The molecular weight excluding hydrogens is 266 g/mol. The predicted molar refractivity (Wildman–Crippen MR) is 72.8 cm³/mol. The van der Waals surface area contributed by atoms with Crippen molar-refractivity contribution in [2.24, 2.45) is 5.92 Å². The minimum absolute atomic E-state index is 0.00509. The summed E-state index contributed by atoms with van der Waals surface area (Å²) >= 11 is 0. The van der Waals surface area contributed by atoms with Crippen molar-refractivity contribution in [3.63, 3.8) is 0 Å². The summed E-state index contributed by atoms with van der Waals surface area (Å²) in [6.07, 6.45) is 4.69. The summed E-state index contributed by atoms with van der Waals surface area (Å²) in [6.45, 7) is 2.39. The topological polar surface area (TPSA) is 74.7 Å². The van der Waals surface area contributed by atoms with E-state index in [0.29, 0.717) is 6.54 Å². The van der Waals surface area contributed by atoms with Crippen molar-refractivity contribution in [1.82, 2.24) is 4.90 Å². The highest BCUT2D eigenvalue weighted by molar-refractivity contribution is 7.91. The van der Waals surface area contributed by atoms with Gasteiger partial charge in [0.15, 0.2) is 9.84 Å². The van der Waals surface area contributed by atoms with Crippen LogP contribution in [-0.2, 0) is 14.6 Å². The molecule has 1 aliphatic heterocycles. The van der Waals surface area contributed by atoms with Gasteiger partial charge in [0.05, 0.1) is 17.4 Å². The Labute approximate surface area is 114 Å². The molecule has 1 heterocycles. The van der Waals surface area contributed by atoms with Gasteiger partial charge in [-0.3, -0.25) is 9.69 Å². The van der Waals surface area contributed by atoms with Crippen LogP contribution in [0.25, 0.3) is 0 Å². The highest BCUT2D eigenvalue weighted by atomic mass is 32.2. The SMILES string of the molecule is CC1CS(=O)(=O)CCN1C1CCCCCC1C(=O)O. The molecule has 1 saturated heterocycles. The van der Waals surface area contributed by atoms with Gasteiger partial charge in [-0.15, -0.1) is 0 Å². The zero-order valence-electron chi connectivity index (χ0n) is 11.4. The highest BCUT2D eigenvalue weighted by Crippen LogP contribution is 2.30. The minimum Gasteiger partial charge on any atom is -0.481 e. The van der Waals surface area contributed by atoms with Crippen molar-refractivity contribution in [3.8, 4) is 0 Å². The molecule has 0 aromatic carbocycles. The average molecular weight is 289 g/mol. The van der Waals surface area contributed by atoms with Gasteiger partial charge in [0.2, 0.25) is 0 Å². The zero-order chi connectivity index (χ0) is 14.0. The van der Waals surface area contributed by atoms with Gasteiger partial charge in [0, 0.05) is 18.6 Å². The average Bonchev–Trinajstić information content (AvgIpc) is 2.53. The Balaban J connectivity index is 2.15. The van der Waals surface area contributed by atoms with Crippen molar-refractivity contribution in [3.05, 3.63) is 0 Å². The molecule has 0 amide bonds. The second kappa shape index (κ2) is 5.79. The van der Waals surface area contributed by atoms with Crippen molar-refractivity contribution in [2.75, 3.05) is 18.1 Å². The summed E-state index contributed by atoms with van der Waals surface area (Å²) in [6, 6.07) is -0.0609. The Morgan fingerprint density at radius 1 is 1.21 bits per heavy atom. The number of carboxylic acid groups (broad SMARTS) is 1. The third kappa shape index (κ3) is 3.48. The van der Waals surface area contributed by atoms with Gasteiger partial charge in [-0.2, -0.15) is 0 Å². The van der Waals surface area contributed by atoms with Crippen molar-refractivity contribution in [2.45, 2.75) is 51.1 Å². The van der Waals surface area contributed by atoms with Gasteiger partial charge in [-0.25, -0.2) is 8.42 Å². The van der Waals surface area contributed by atoms with E-state index >= 15 is 0 Å². The maximum Gasteiger partial charge on any atom is 0.308 e. The van der Waals surface area contributed by atoms with Crippen LogP contribution in [0.2, 0.25) is 0 Å². The van der Waals surface area contributed by atoms with Gasteiger partial charge >= 0.3 is 5.97 Å². The van der Waals surface area contributed by atoms with Crippen molar-refractivity contribution < 1.29 is 18.3 Å². The van der Waals surface area contributed by atoms with Crippen LogP contribution in [0.1, 0.15) is 39.0 Å². The van der Waals surface area contributed by atoms with Gasteiger partial charge in [0.25, 0.3) is 0 Å². The number of hydrogen-bond donors (Lipinski definition) is 1. The number of carbonyl (C=O) groups is 1. The largest absolute Gasteiger partial charge is 0.481 e. The van der Waals surface area contributed by atoms with E-state index in [1.165, 1.54) is 0 Å². The smallest absolute Gasteiger partial charge is 0.308 e. The van der Waals surface area contributed by atoms with E-state index < -0.39 is 15.8 Å². The van der Waals surface area contributed by atoms with E-state index in [9.17, 15) is 18.3 Å². The lowest BCUT2D eigenvalue weighted by Crippen LogP contribution is -2.54. The molecule has 1 aliphatic carbocycles. The Hall–Kier alpha value is -0.620. The maximum absolute atomic E-state index is 11.6.